The summed E-state index contributed by atoms with van der Waals surface area (Å²) < 4.78 is 7.72. The van der Waals surface area contributed by atoms with Crippen molar-refractivity contribution in [3.8, 4) is 0 Å². The molecule has 0 spiro atoms. The van der Waals surface area contributed by atoms with Crippen molar-refractivity contribution < 1.29 is 4.74 Å². The van der Waals surface area contributed by atoms with Gasteiger partial charge in [-0.25, -0.2) is 0 Å². The van der Waals surface area contributed by atoms with Crippen molar-refractivity contribution in [1.82, 2.24) is 25.4 Å². The van der Waals surface area contributed by atoms with E-state index in [4.69, 9.17) is 4.74 Å². The number of hydrogen-bond acceptors (Lipinski definition) is 4. The van der Waals surface area contributed by atoms with Crippen LogP contribution in [-0.2, 0) is 17.7 Å². The first-order valence-electron chi connectivity index (χ1n) is 8.76. The van der Waals surface area contributed by atoms with Crippen molar-refractivity contribution in [1.29, 1.82) is 0 Å². The Bertz CT molecular complexity index is 481. The van der Waals surface area contributed by atoms with Gasteiger partial charge < -0.3 is 19.9 Å². The first-order valence-corrected chi connectivity index (χ1v) is 8.76. The van der Waals surface area contributed by atoms with Crippen LogP contribution in [0.25, 0.3) is 0 Å². The van der Waals surface area contributed by atoms with Crippen LogP contribution in [0.4, 0.5) is 0 Å². The maximum absolute atomic E-state index is 5.65. The second-order valence-corrected chi connectivity index (χ2v) is 6.00. The molecule has 1 saturated heterocycles. The Balaban J connectivity index is 1.84. The summed E-state index contributed by atoms with van der Waals surface area (Å²) in [6, 6.07) is 0.395. The second kappa shape index (κ2) is 9.50. The predicted molar refractivity (Wildman–Crippen MR) is 91.6 cm³/mol. The van der Waals surface area contributed by atoms with Gasteiger partial charge in [0.2, 0.25) is 0 Å². The molecule has 0 bridgehead atoms. The predicted octanol–water partition coefficient (Wildman–Crippen LogP) is 1.35. The average Bonchev–Trinajstić information content (AvgIpc) is 3.23. The van der Waals surface area contributed by atoms with E-state index in [9.17, 15) is 0 Å². The number of rotatable bonds is 8. The minimum atomic E-state index is 0.273. The van der Waals surface area contributed by atoms with Gasteiger partial charge >= 0.3 is 0 Å². The first kappa shape index (κ1) is 17.7. The zero-order chi connectivity index (χ0) is 16.5. The number of ether oxygens (including phenoxy) is 1. The monoisotopic (exact) mass is 322 g/mol. The van der Waals surface area contributed by atoms with E-state index < -0.39 is 0 Å². The summed E-state index contributed by atoms with van der Waals surface area (Å²) in [5.41, 5.74) is 0. The van der Waals surface area contributed by atoms with E-state index in [-0.39, 0.29) is 6.10 Å². The normalized spacial score (nSPS) is 19.8. The van der Waals surface area contributed by atoms with Crippen LogP contribution < -0.4 is 10.6 Å². The number of aryl methyl sites for hydroxylation is 1. The van der Waals surface area contributed by atoms with Gasteiger partial charge in [0.1, 0.15) is 12.2 Å². The molecule has 0 aromatic carbocycles. The lowest BCUT2D eigenvalue weighted by atomic mass is 10.2. The van der Waals surface area contributed by atoms with Gasteiger partial charge in [-0.3, -0.25) is 4.99 Å². The summed E-state index contributed by atoms with van der Waals surface area (Å²) in [7, 11) is 0. The number of aliphatic imine (C=N–C) groups is 1. The van der Waals surface area contributed by atoms with E-state index >= 15 is 0 Å². The minimum absolute atomic E-state index is 0.273. The summed E-state index contributed by atoms with van der Waals surface area (Å²) in [5, 5.41) is 14.9. The number of guanidine groups is 1. The molecule has 1 aromatic rings. The third-order valence-corrected chi connectivity index (χ3v) is 4.13. The van der Waals surface area contributed by atoms with Crippen LogP contribution in [0.5, 0.6) is 0 Å². The zero-order valence-electron chi connectivity index (χ0n) is 14.6. The number of nitrogens with zero attached hydrogens (tertiary/aromatic N) is 4. The fourth-order valence-corrected chi connectivity index (χ4v) is 2.50. The maximum Gasteiger partial charge on any atom is 0.191 e. The fraction of sp³-hybridized carbons (Fsp3) is 0.812. The number of aromatic nitrogens is 3. The quantitative estimate of drug-likeness (QED) is 0.558. The van der Waals surface area contributed by atoms with Crippen LogP contribution in [0.1, 0.15) is 45.9 Å². The van der Waals surface area contributed by atoms with Crippen LogP contribution in [0.3, 0.4) is 0 Å². The van der Waals surface area contributed by atoms with E-state index in [2.05, 4.69) is 51.2 Å². The molecule has 0 radical (unpaired) electrons. The van der Waals surface area contributed by atoms with Crippen LogP contribution in [0.2, 0.25) is 0 Å². The summed E-state index contributed by atoms with van der Waals surface area (Å²) in [6.07, 6.45) is 6.27. The third kappa shape index (κ3) is 5.82. The fourth-order valence-electron chi connectivity index (χ4n) is 2.50. The standard InChI is InChI=1S/C16H30N6O/c1-4-13(3)20-16(18-11-14-7-6-10-23-14)17-8-9-22-12-19-21-15(22)5-2/h12-14H,4-11H2,1-3H3,(H2,17,18,20). The lowest BCUT2D eigenvalue weighted by Gasteiger charge is -2.18. The highest BCUT2D eigenvalue weighted by atomic mass is 16.5. The van der Waals surface area contributed by atoms with Crippen molar-refractivity contribution in [2.24, 2.45) is 4.99 Å². The molecule has 1 aromatic heterocycles. The molecule has 1 fully saturated rings. The second-order valence-electron chi connectivity index (χ2n) is 6.00. The Morgan fingerprint density at radius 1 is 1.52 bits per heavy atom. The average molecular weight is 322 g/mol. The summed E-state index contributed by atoms with van der Waals surface area (Å²) in [4.78, 5) is 4.68. The molecule has 0 amide bonds. The molecule has 2 atom stereocenters. The van der Waals surface area contributed by atoms with Crippen LogP contribution in [0, 0.1) is 0 Å². The van der Waals surface area contributed by atoms with Crippen LogP contribution in [0.15, 0.2) is 11.3 Å². The van der Waals surface area contributed by atoms with Gasteiger partial charge in [0.05, 0.1) is 12.6 Å². The Kier molecular flexibility index (Phi) is 7.32. The van der Waals surface area contributed by atoms with E-state index in [1.54, 1.807) is 6.33 Å². The lowest BCUT2D eigenvalue weighted by molar-refractivity contribution is 0.117. The van der Waals surface area contributed by atoms with Crippen molar-refractivity contribution >= 4 is 5.96 Å². The molecule has 2 rings (SSSR count). The molecule has 7 heteroatoms. The van der Waals surface area contributed by atoms with Gasteiger partial charge in [0, 0.05) is 32.2 Å². The zero-order valence-corrected chi connectivity index (χ0v) is 14.6. The third-order valence-electron chi connectivity index (χ3n) is 4.13. The molecule has 0 saturated carbocycles. The van der Waals surface area contributed by atoms with Crippen molar-refractivity contribution in [3.05, 3.63) is 12.2 Å². The summed E-state index contributed by atoms with van der Waals surface area (Å²) >= 11 is 0. The first-order chi connectivity index (χ1) is 11.2. The van der Waals surface area contributed by atoms with E-state index in [0.29, 0.717) is 6.04 Å². The van der Waals surface area contributed by atoms with Gasteiger partial charge in [-0.1, -0.05) is 13.8 Å². The lowest BCUT2D eigenvalue weighted by Crippen LogP contribution is -2.43. The van der Waals surface area contributed by atoms with Gasteiger partial charge in [-0.15, -0.1) is 10.2 Å². The van der Waals surface area contributed by atoms with Crippen molar-refractivity contribution in [2.45, 2.75) is 65.1 Å². The highest BCUT2D eigenvalue weighted by Gasteiger charge is 2.15. The Hall–Kier alpha value is -1.63. The maximum atomic E-state index is 5.65. The Morgan fingerprint density at radius 3 is 3.09 bits per heavy atom. The SMILES string of the molecule is CCc1nncn1CCNC(=NCC1CCCO1)NC(C)CC. The minimum Gasteiger partial charge on any atom is -0.376 e. The van der Waals surface area contributed by atoms with Crippen LogP contribution >= 0.6 is 0 Å². The molecule has 2 N–H and O–H groups in total. The topological polar surface area (TPSA) is 76.4 Å². The molecular weight excluding hydrogens is 292 g/mol. The molecule has 7 nitrogen and oxygen atoms in total. The molecule has 1 aliphatic heterocycles. The van der Waals surface area contributed by atoms with Gasteiger partial charge in [0.25, 0.3) is 0 Å². The molecular formula is C16H30N6O. The van der Waals surface area contributed by atoms with Gasteiger partial charge in [-0.05, 0) is 26.2 Å². The van der Waals surface area contributed by atoms with Gasteiger partial charge in [0.15, 0.2) is 5.96 Å². The Morgan fingerprint density at radius 2 is 2.39 bits per heavy atom. The Labute approximate surface area is 138 Å². The molecule has 1 aliphatic rings. The molecule has 23 heavy (non-hydrogen) atoms. The van der Waals surface area contributed by atoms with Crippen LogP contribution in [-0.4, -0.2) is 52.6 Å². The van der Waals surface area contributed by atoms with E-state index in [1.165, 1.54) is 0 Å². The molecule has 130 valence electrons. The van der Waals surface area contributed by atoms with Gasteiger partial charge in [-0.2, -0.15) is 0 Å². The number of nitrogens with one attached hydrogen (secondary N) is 2. The highest BCUT2D eigenvalue weighted by molar-refractivity contribution is 5.80. The highest BCUT2D eigenvalue weighted by Crippen LogP contribution is 2.11. The van der Waals surface area contributed by atoms with E-state index in [0.717, 1.165) is 63.7 Å². The number of hydrogen-bond donors (Lipinski definition) is 2. The molecule has 2 unspecified atom stereocenters. The smallest absolute Gasteiger partial charge is 0.191 e. The largest absolute Gasteiger partial charge is 0.376 e. The molecule has 2 heterocycles. The summed E-state index contributed by atoms with van der Waals surface area (Å²) in [6.45, 7) is 9.63. The summed E-state index contributed by atoms with van der Waals surface area (Å²) in [5.74, 6) is 1.88. The van der Waals surface area contributed by atoms with Crippen molar-refractivity contribution in [2.75, 3.05) is 19.7 Å². The van der Waals surface area contributed by atoms with E-state index in [1.807, 2.05) is 0 Å². The van der Waals surface area contributed by atoms with Crippen molar-refractivity contribution in [3.63, 3.8) is 0 Å². The molecule has 0 aliphatic carbocycles.